The Balaban J connectivity index is 1.59. The summed E-state index contributed by atoms with van der Waals surface area (Å²) >= 11 is 6.29. The summed E-state index contributed by atoms with van der Waals surface area (Å²) in [4.78, 5) is 25.0. The van der Waals surface area contributed by atoms with Crippen LogP contribution in [0, 0.1) is 5.92 Å². The maximum Gasteiger partial charge on any atom is 0.339 e. The highest BCUT2D eigenvalue weighted by atomic mass is 35.5. The Morgan fingerprint density at radius 3 is 2.59 bits per heavy atom. The van der Waals surface area contributed by atoms with Crippen LogP contribution in [0.3, 0.4) is 0 Å². The van der Waals surface area contributed by atoms with Crippen LogP contribution in [0.5, 0.6) is 23.0 Å². The molecule has 1 aliphatic heterocycles. The minimum Gasteiger partial charge on any atom is -0.493 e. The lowest BCUT2D eigenvalue weighted by Crippen LogP contribution is -2.35. The molecule has 1 aliphatic rings. The smallest absolute Gasteiger partial charge is 0.339 e. The number of fused-ring (bicyclic) bond motifs is 1. The van der Waals surface area contributed by atoms with Crippen LogP contribution in [0.2, 0.25) is 5.02 Å². The lowest BCUT2D eigenvalue weighted by Gasteiger charge is -2.17. The van der Waals surface area contributed by atoms with Crippen molar-refractivity contribution in [2.45, 2.75) is 33.4 Å². The molecule has 1 N–H and O–H groups in total. The number of hydrogen-bond donors (Lipinski definition) is 1. The van der Waals surface area contributed by atoms with Gasteiger partial charge in [-0.05, 0) is 42.7 Å². The van der Waals surface area contributed by atoms with Crippen molar-refractivity contribution in [3.8, 4) is 23.0 Å². The highest BCUT2D eigenvalue weighted by Gasteiger charge is 2.22. The van der Waals surface area contributed by atoms with E-state index in [4.69, 9.17) is 35.3 Å². The second-order valence-electron chi connectivity index (χ2n) is 7.65. The summed E-state index contributed by atoms with van der Waals surface area (Å²) in [5.74, 6) is 1.11. The third-order valence-corrected chi connectivity index (χ3v) is 4.86. The molecule has 0 radical (unpaired) electrons. The van der Waals surface area contributed by atoms with Crippen LogP contribution >= 0.6 is 11.6 Å². The largest absolute Gasteiger partial charge is 0.493 e. The van der Waals surface area contributed by atoms with E-state index in [9.17, 15) is 9.59 Å². The number of rotatable bonds is 9. The van der Waals surface area contributed by atoms with E-state index in [0.29, 0.717) is 29.6 Å². The lowest BCUT2D eigenvalue weighted by atomic mass is 10.2. The van der Waals surface area contributed by atoms with Crippen LogP contribution in [0.4, 0.5) is 0 Å². The Bertz CT molecular complexity index is 993. The number of ether oxygens (including phenoxy) is 5. The van der Waals surface area contributed by atoms with Gasteiger partial charge in [-0.25, -0.2) is 4.79 Å². The summed E-state index contributed by atoms with van der Waals surface area (Å²) in [5.41, 5.74) is 0.980. The Labute approximate surface area is 191 Å². The molecule has 0 fully saturated rings. The van der Waals surface area contributed by atoms with Crippen molar-refractivity contribution in [3.63, 3.8) is 0 Å². The second-order valence-corrected chi connectivity index (χ2v) is 8.05. The van der Waals surface area contributed by atoms with Crippen molar-refractivity contribution in [1.29, 1.82) is 0 Å². The molecule has 2 aromatic rings. The van der Waals surface area contributed by atoms with Crippen LogP contribution in [-0.2, 0) is 16.1 Å². The lowest BCUT2D eigenvalue weighted by molar-refractivity contribution is -0.129. The maximum atomic E-state index is 12.6. The summed E-state index contributed by atoms with van der Waals surface area (Å²) < 4.78 is 26.9. The molecule has 1 heterocycles. The predicted octanol–water partition coefficient (Wildman–Crippen LogP) is 3.97. The van der Waals surface area contributed by atoms with Crippen LogP contribution in [0.1, 0.15) is 36.7 Å². The topological polar surface area (TPSA) is 92.3 Å². The third kappa shape index (κ3) is 5.76. The van der Waals surface area contributed by atoms with Gasteiger partial charge in [0.05, 0.1) is 24.3 Å². The van der Waals surface area contributed by atoms with E-state index in [1.807, 2.05) is 19.9 Å². The molecular weight excluding hydrogens is 438 g/mol. The van der Waals surface area contributed by atoms with Gasteiger partial charge >= 0.3 is 5.97 Å². The predicted molar refractivity (Wildman–Crippen MR) is 118 cm³/mol. The Hall–Kier alpha value is -3.13. The molecule has 9 heteroatoms. The molecule has 0 spiro atoms. The quantitative estimate of drug-likeness (QED) is 0.562. The van der Waals surface area contributed by atoms with Crippen LogP contribution < -0.4 is 24.3 Å². The minimum absolute atomic E-state index is 0.152. The highest BCUT2D eigenvalue weighted by Crippen LogP contribution is 2.37. The molecule has 0 aromatic heterocycles. The Kier molecular flexibility index (Phi) is 7.69. The average molecular weight is 464 g/mol. The molecule has 0 saturated carbocycles. The number of esters is 1. The molecule has 2 aromatic carbocycles. The van der Waals surface area contributed by atoms with E-state index < -0.39 is 18.0 Å². The molecule has 8 nitrogen and oxygen atoms in total. The van der Waals surface area contributed by atoms with Crippen molar-refractivity contribution in [1.82, 2.24) is 5.32 Å². The van der Waals surface area contributed by atoms with Crippen LogP contribution in [-0.4, -0.2) is 38.5 Å². The van der Waals surface area contributed by atoms with E-state index in [-0.39, 0.29) is 29.8 Å². The van der Waals surface area contributed by atoms with Gasteiger partial charge in [0, 0.05) is 6.54 Å². The fraction of sp³-hybridized carbons (Fsp3) is 0.391. The van der Waals surface area contributed by atoms with E-state index in [0.717, 1.165) is 5.56 Å². The van der Waals surface area contributed by atoms with Crippen molar-refractivity contribution < 1.29 is 33.3 Å². The maximum absolute atomic E-state index is 12.6. The monoisotopic (exact) mass is 463 g/mol. The summed E-state index contributed by atoms with van der Waals surface area (Å²) in [5, 5.41) is 2.95. The molecule has 0 saturated heterocycles. The van der Waals surface area contributed by atoms with Crippen molar-refractivity contribution in [3.05, 3.63) is 46.5 Å². The second kappa shape index (κ2) is 10.5. The van der Waals surface area contributed by atoms with E-state index >= 15 is 0 Å². The van der Waals surface area contributed by atoms with Crippen molar-refractivity contribution >= 4 is 23.5 Å². The molecule has 3 rings (SSSR count). The van der Waals surface area contributed by atoms with E-state index in [1.54, 1.807) is 12.1 Å². The van der Waals surface area contributed by atoms with Crippen molar-refractivity contribution in [2.24, 2.45) is 5.92 Å². The summed E-state index contributed by atoms with van der Waals surface area (Å²) in [7, 11) is 1.45. The number of hydrogen-bond acceptors (Lipinski definition) is 7. The molecular formula is C23H26ClNO7. The van der Waals surface area contributed by atoms with Gasteiger partial charge in [0.15, 0.2) is 29.1 Å². The zero-order valence-electron chi connectivity index (χ0n) is 18.4. The first-order chi connectivity index (χ1) is 15.3. The molecule has 0 aliphatic carbocycles. The SMILES string of the molecule is COc1cc(C(=O)OC(C)C(=O)NCc2ccc3c(c2)OCO3)cc(Cl)c1OCC(C)C. The fourth-order valence-corrected chi connectivity index (χ4v) is 3.16. The number of amides is 1. The Morgan fingerprint density at radius 1 is 1.12 bits per heavy atom. The number of benzene rings is 2. The third-order valence-electron chi connectivity index (χ3n) is 4.58. The number of carbonyl (C=O) groups excluding carboxylic acids is 2. The zero-order chi connectivity index (χ0) is 23.3. The number of methoxy groups -OCH3 is 1. The standard InChI is InChI=1S/C23H26ClNO7/c1-13(2)11-29-21-17(24)8-16(9-20(21)28-4)23(27)32-14(3)22(26)25-10-15-5-6-18-19(7-15)31-12-30-18/h5-9,13-14H,10-12H2,1-4H3,(H,25,26). The highest BCUT2D eigenvalue weighted by molar-refractivity contribution is 6.32. The fourth-order valence-electron chi connectivity index (χ4n) is 2.89. The minimum atomic E-state index is -1.02. The van der Waals surface area contributed by atoms with Gasteiger partial charge in [0.2, 0.25) is 6.79 Å². The number of nitrogens with one attached hydrogen (secondary N) is 1. The first-order valence-corrected chi connectivity index (χ1v) is 10.5. The molecule has 1 atom stereocenters. The zero-order valence-corrected chi connectivity index (χ0v) is 19.2. The van der Waals surface area contributed by atoms with E-state index in [2.05, 4.69) is 5.32 Å². The molecule has 1 unspecified atom stereocenters. The van der Waals surface area contributed by atoms with Gasteiger partial charge in [0.25, 0.3) is 5.91 Å². The molecule has 1 amide bonds. The normalized spacial score (nSPS) is 12.9. The first-order valence-electron chi connectivity index (χ1n) is 10.2. The van der Waals surface area contributed by atoms with Gasteiger partial charge in [-0.2, -0.15) is 0 Å². The molecule has 32 heavy (non-hydrogen) atoms. The summed E-state index contributed by atoms with van der Waals surface area (Å²) in [6.07, 6.45) is -1.02. The number of carbonyl (C=O) groups is 2. The molecule has 0 bridgehead atoms. The van der Waals surface area contributed by atoms with Gasteiger partial charge in [-0.1, -0.05) is 31.5 Å². The average Bonchev–Trinajstić information content (AvgIpc) is 3.23. The summed E-state index contributed by atoms with van der Waals surface area (Å²) in [6.45, 7) is 6.37. The van der Waals surface area contributed by atoms with Crippen LogP contribution in [0.15, 0.2) is 30.3 Å². The van der Waals surface area contributed by atoms with Gasteiger partial charge in [0.1, 0.15) is 0 Å². The van der Waals surface area contributed by atoms with Gasteiger partial charge < -0.3 is 29.0 Å². The molecule has 172 valence electrons. The number of halogens is 1. The first kappa shape index (κ1) is 23.5. The van der Waals surface area contributed by atoms with Crippen LogP contribution in [0.25, 0.3) is 0 Å². The van der Waals surface area contributed by atoms with E-state index in [1.165, 1.54) is 26.2 Å². The van der Waals surface area contributed by atoms with Crippen molar-refractivity contribution in [2.75, 3.05) is 20.5 Å². The van der Waals surface area contributed by atoms with Gasteiger partial charge in [-0.3, -0.25) is 4.79 Å². The van der Waals surface area contributed by atoms with Gasteiger partial charge in [-0.15, -0.1) is 0 Å². The Morgan fingerprint density at radius 2 is 1.88 bits per heavy atom. The summed E-state index contributed by atoms with van der Waals surface area (Å²) in [6, 6.07) is 8.29.